The number of anilines is 2. The van der Waals surface area contributed by atoms with Gasteiger partial charge in [0.25, 0.3) is 0 Å². The summed E-state index contributed by atoms with van der Waals surface area (Å²) < 4.78 is 1.98. The van der Waals surface area contributed by atoms with Gasteiger partial charge in [-0.1, -0.05) is 0 Å². The highest BCUT2D eigenvalue weighted by Gasteiger charge is 2.22. The number of carbonyl (C=O) groups is 1. The van der Waals surface area contributed by atoms with Gasteiger partial charge in [-0.2, -0.15) is 0 Å². The topological polar surface area (TPSA) is 65.8 Å². The van der Waals surface area contributed by atoms with Crippen LogP contribution in [0.1, 0.15) is 13.8 Å². The van der Waals surface area contributed by atoms with Crippen LogP contribution in [-0.4, -0.2) is 57.9 Å². The molecule has 2 aromatic rings. The van der Waals surface area contributed by atoms with Crippen molar-refractivity contribution in [1.29, 1.82) is 0 Å². The van der Waals surface area contributed by atoms with E-state index >= 15 is 0 Å². The summed E-state index contributed by atoms with van der Waals surface area (Å²) in [6, 6.07) is 0. The maximum Gasteiger partial charge on any atom is 0.219 e. The lowest BCUT2D eigenvalue weighted by atomic mass is 10.3. The molecule has 3 rings (SSSR count). The number of hydrogen-bond donors (Lipinski definition) is 1. The highest BCUT2D eigenvalue weighted by molar-refractivity contribution is 5.74. The van der Waals surface area contributed by atoms with Crippen molar-refractivity contribution in [2.75, 3.05) is 42.9 Å². The number of imidazole rings is 1. The molecule has 0 spiro atoms. The third kappa shape index (κ3) is 2.63. The van der Waals surface area contributed by atoms with Crippen molar-refractivity contribution in [2.45, 2.75) is 13.8 Å². The molecule has 0 atom stereocenters. The molecule has 1 amide bonds. The van der Waals surface area contributed by atoms with Gasteiger partial charge in [-0.3, -0.25) is 4.79 Å². The van der Waals surface area contributed by atoms with E-state index in [1.807, 2.05) is 28.6 Å². The molecule has 0 aromatic carbocycles. The smallest absolute Gasteiger partial charge is 0.219 e. The molecule has 0 unspecified atom stereocenters. The number of hydrogen-bond acceptors (Lipinski definition) is 5. The summed E-state index contributed by atoms with van der Waals surface area (Å²) in [6.07, 6.45) is 5.65. The first kappa shape index (κ1) is 13.7. The molecule has 1 N–H and O–H groups in total. The second kappa shape index (κ2) is 5.59. The summed E-state index contributed by atoms with van der Waals surface area (Å²) in [5, 5.41) is 3.25. The van der Waals surface area contributed by atoms with Gasteiger partial charge in [-0.25, -0.2) is 9.97 Å². The van der Waals surface area contributed by atoms with Crippen LogP contribution < -0.4 is 10.2 Å². The molecule has 21 heavy (non-hydrogen) atoms. The normalized spacial score (nSPS) is 15.5. The minimum absolute atomic E-state index is 0.134. The third-order valence-corrected chi connectivity index (χ3v) is 3.74. The zero-order valence-electron chi connectivity index (χ0n) is 12.4. The van der Waals surface area contributed by atoms with Gasteiger partial charge in [0.05, 0.1) is 6.20 Å². The monoisotopic (exact) mass is 288 g/mol. The van der Waals surface area contributed by atoms with Gasteiger partial charge in [0.2, 0.25) is 5.91 Å². The molecule has 1 aliphatic rings. The average Bonchev–Trinajstić information content (AvgIpc) is 2.95. The fourth-order valence-corrected chi connectivity index (χ4v) is 2.63. The second-order valence-electron chi connectivity index (χ2n) is 5.13. The first-order chi connectivity index (χ1) is 10.2. The van der Waals surface area contributed by atoms with E-state index < -0.39 is 0 Å². The van der Waals surface area contributed by atoms with Crippen LogP contribution in [0.25, 0.3) is 5.65 Å². The predicted octanol–water partition coefficient (Wildman–Crippen LogP) is 0.830. The Hall–Kier alpha value is -2.31. The SMILES string of the molecule is CCNc1cn2ccnc2c(N2CCN(C(C)=O)CC2)n1. The van der Waals surface area contributed by atoms with Crippen molar-refractivity contribution in [2.24, 2.45) is 0 Å². The summed E-state index contributed by atoms with van der Waals surface area (Å²) in [4.78, 5) is 24.6. The molecule has 3 heterocycles. The molecule has 0 saturated carbocycles. The predicted molar refractivity (Wildman–Crippen MR) is 81.6 cm³/mol. The third-order valence-electron chi connectivity index (χ3n) is 3.74. The van der Waals surface area contributed by atoms with Crippen molar-refractivity contribution in [1.82, 2.24) is 19.3 Å². The molecule has 2 aromatic heterocycles. The van der Waals surface area contributed by atoms with Crippen molar-refractivity contribution >= 4 is 23.2 Å². The maximum absolute atomic E-state index is 11.4. The highest BCUT2D eigenvalue weighted by Crippen LogP contribution is 2.22. The van der Waals surface area contributed by atoms with E-state index in [0.29, 0.717) is 0 Å². The molecule has 0 aliphatic carbocycles. The van der Waals surface area contributed by atoms with E-state index in [1.165, 1.54) is 0 Å². The van der Waals surface area contributed by atoms with Gasteiger partial charge in [-0.05, 0) is 6.92 Å². The van der Waals surface area contributed by atoms with Gasteiger partial charge >= 0.3 is 0 Å². The fourth-order valence-electron chi connectivity index (χ4n) is 2.63. The Morgan fingerprint density at radius 2 is 2.10 bits per heavy atom. The fraction of sp³-hybridized carbons (Fsp3) is 0.500. The van der Waals surface area contributed by atoms with Crippen LogP contribution in [0, 0.1) is 0 Å². The number of fused-ring (bicyclic) bond motifs is 1. The Labute approximate surface area is 123 Å². The van der Waals surface area contributed by atoms with Crippen LogP contribution in [0.2, 0.25) is 0 Å². The molecule has 0 bridgehead atoms. The van der Waals surface area contributed by atoms with Gasteiger partial charge in [0.15, 0.2) is 11.5 Å². The number of carbonyl (C=O) groups excluding carboxylic acids is 1. The Bertz CT molecular complexity index is 644. The highest BCUT2D eigenvalue weighted by atomic mass is 16.2. The first-order valence-electron chi connectivity index (χ1n) is 7.27. The average molecular weight is 288 g/mol. The zero-order valence-corrected chi connectivity index (χ0v) is 12.4. The lowest BCUT2D eigenvalue weighted by Gasteiger charge is -2.35. The molecule has 112 valence electrons. The van der Waals surface area contributed by atoms with Crippen molar-refractivity contribution in [3.8, 4) is 0 Å². The maximum atomic E-state index is 11.4. The molecule has 0 radical (unpaired) electrons. The molecule has 7 heteroatoms. The van der Waals surface area contributed by atoms with Gasteiger partial charge < -0.3 is 19.5 Å². The number of nitrogens with one attached hydrogen (secondary N) is 1. The standard InChI is InChI=1S/C14H20N6O/c1-3-15-12-10-20-5-4-16-13(20)14(17-12)19-8-6-18(7-9-19)11(2)21/h4-5,10,15H,3,6-9H2,1-2H3. The summed E-state index contributed by atoms with van der Waals surface area (Å²) in [7, 11) is 0. The Morgan fingerprint density at radius 1 is 1.33 bits per heavy atom. The van der Waals surface area contributed by atoms with Crippen LogP contribution in [0.15, 0.2) is 18.6 Å². The molecule has 1 aliphatic heterocycles. The van der Waals surface area contributed by atoms with Crippen LogP contribution in [-0.2, 0) is 4.79 Å². The number of aromatic nitrogens is 3. The van der Waals surface area contributed by atoms with E-state index in [2.05, 4.69) is 20.2 Å². The van der Waals surface area contributed by atoms with Gasteiger partial charge in [0.1, 0.15) is 5.82 Å². The number of amides is 1. The zero-order chi connectivity index (χ0) is 14.8. The van der Waals surface area contributed by atoms with Crippen LogP contribution in [0.4, 0.5) is 11.6 Å². The van der Waals surface area contributed by atoms with Crippen LogP contribution >= 0.6 is 0 Å². The van der Waals surface area contributed by atoms with Crippen molar-refractivity contribution in [3.63, 3.8) is 0 Å². The van der Waals surface area contributed by atoms with E-state index in [9.17, 15) is 4.79 Å². The minimum atomic E-state index is 0.134. The van der Waals surface area contributed by atoms with E-state index in [1.54, 1.807) is 13.1 Å². The van der Waals surface area contributed by atoms with Gasteiger partial charge in [-0.15, -0.1) is 0 Å². The lowest BCUT2D eigenvalue weighted by molar-refractivity contribution is -0.129. The van der Waals surface area contributed by atoms with Crippen molar-refractivity contribution in [3.05, 3.63) is 18.6 Å². The van der Waals surface area contributed by atoms with Gasteiger partial charge in [0, 0.05) is 52.0 Å². The number of piperazine rings is 1. The van der Waals surface area contributed by atoms with Crippen molar-refractivity contribution < 1.29 is 4.79 Å². The summed E-state index contributed by atoms with van der Waals surface area (Å²) >= 11 is 0. The quantitative estimate of drug-likeness (QED) is 0.906. The van der Waals surface area contributed by atoms with Crippen LogP contribution in [0.3, 0.4) is 0 Å². The molecule has 1 saturated heterocycles. The molecular weight excluding hydrogens is 268 g/mol. The molecular formula is C14H20N6O. The lowest BCUT2D eigenvalue weighted by Crippen LogP contribution is -2.48. The largest absolute Gasteiger partial charge is 0.369 e. The minimum Gasteiger partial charge on any atom is -0.369 e. The molecule has 7 nitrogen and oxygen atoms in total. The number of nitrogens with zero attached hydrogens (tertiary/aromatic N) is 5. The Morgan fingerprint density at radius 3 is 2.76 bits per heavy atom. The van der Waals surface area contributed by atoms with E-state index in [-0.39, 0.29) is 5.91 Å². The Kier molecular flexibility index (Phi) is 3.64. The summed E-state index contributed by atoms with van der Waals surface area (Å²) in [6.45, 7) is 7.52. The first-order valence-corrected chi connectivity index (χ1v) is 7.27. The summed E-state index contributed by atoms with van der Waals surface area (Å²) in [5.41, 5.74) is 0.855. The van der Waals surface area contributed by atoms with Crippen LogP contribution in [0.5, 0.6) is 0 Å². The second-order valence-corrected chi connectivity index (χ2v) is 5.13. The number of rotatable bonds is 3. The molecule has 1 fully saturated rings. The Balaban J connectivity index is 1.89. The van der Waals surface area contributed by atoms with E-state index in [0.717, 1.165) is 50.0 Å². The summed E-state index contributed by atoms with van der Waals surface area (Å²) in [5.74, 6) is 1.85. The van der Waals surface area contributed by atoms with E-state index in [4.69, 9.17) is 0 Å².